The molecule has 168 valence electrons. The lowest BCUT2D eigenvalue weighted by Crippen LogP contribution is -2.24. The minimum absolute atomic E-state index is 0.0203. The first-order valence-electron chi connectivity index (χ1n) is 10.9. The van der Waals surface area contributed by atoms with E-state index < -0.39 is 0 Å². The predicted octanol–water partition coefficient (Wildman–Crippen LogP) is 6.76. The number of carbonyl (C=O) groups excluding carboxylic acids is 2. The highest BCUT2D eigenvalue weighted by Crippen LogP contribution is 2.30. The fourth-order valence-corrected chi connectivity index (χ4v) is 4.80. The summed E-state index contributed by atoms with van der Waals surface area (Å²) in [6, 6.07) is 15.8. The minimum atomic E-state index is -0.257. The molecular weight excluding hydrogens is 438 g/mol. The maximum absolute atomic E-state index is 12.9. The number of thioether (sulfide) groups is 1. The fraction of sp³-hybridized carbons (Fsp3) is 0.320. The zero-order valence-corrected chi connectivity index (χ0v) is 20.3. The molecule has 1 atom stereocenters. The molecule has 2 amide bonds. The Morgan fingerprint density at radius 2 is 1.88 bits per heavy atom. The first-order chi connectivity index (χ1) is 15.5. The van der Waals surface area contributed by atoms with Crippen LogP contribution in [0.4, 0.5) is 10.8 Å². The highest BCUT2D eigenvalue weighted by atomic mass is 32.2. The topological polar surface area (TPSA) is 71.1 Å². The Kier molecular flexibility index (Phi) is 8.88. The van der Waals surface area contributed by atoms with Crippen molar-refractivity contribution < 1.29 is 9.59 Å². The van der Waals surface area contributed by atoms with Crippen LogP contribution >= 0.6 is 23.1 Å². The number of hydrogen-bond acceptors (Lipinski definition) is 5. The largest absolute Gasteiger partial charge is 0.326 e. The van der Waals surface area contributed by atoms with Gasteiger partial charge in [-0.25, -0.2) is 4.98 Å². The van der Waals surface area contributed by atoms with E-state index in [0.29, 0.717) is 18.0 Å². The number of anilines is 2. The fourth-order valence-electron chi connectivity index (χ4n) is 3.07. The van der Waals surface area contributed by atoms with Gasteiger partial charge in [0.15, 0.2) is 5.13 Å². The van der Waals surface area contributed by atoms with Crippen LogP contribution in [0.25, 0.3) is 11.3 Å². The summed E-state index contributed by atoms with van der Waals surface area (Å²) in [5, 5.41) is 8.20. The van der Waals surface area contributed by atoms with E-state index in [0.717, 1.165) is 34.7 Å². The summed E-state index contributed by atoms with van der Waals surface area (Å²) in [5.74, 6) is -0.0494. The summed E-state index contributed by atoms with van der Waals surface area (Å²) in [7, 11) is 0. The second-order valence-electron chi connectivity index (χ2n) is 7.59. The van der Waals surface area contributed by atoms with Crippen LogP contribution in [0.15, 0.2) is 58.8 Å². The van der Waals surface area contributed by atoms with Gasteiger partial charge in [-0.15, -0.1) is 23.1 Å². The SMILES string of the molecule is CCCCC(=O)Nc1cccc(SC(CC)C(=O)Nc2nc(-c3ccc(C)cc3)cs2)c1. The van der Waals surface area contributed by atoms with Gasteiger partial charge in [-0.05, 0) is 38.0 Å². The summed E-state index contributed by atoms with van der Waals surface area (Å²) in [4.78, 5) is 30.4. The van der Waals surface area contributed by atoms with Crippen molar-refractivity contribution in [3.05, 3.63) is 59.5 Å². The first-order valence-corrected chi connectivity index (χ1v) is 12.6. The molecule has 1 unspecified atom stereocenters. The zero-order chi connectivity index (χ0) is 22.9. The lowest BCUT2D eigenvalue weighted by molar-refractivity contribution is -0.116. The van der Waals surface area contributed by atoms with Crippen LogP contribution in [0.5, 0.6) is 0 Å². The van der Waals surface area contributed by atoms with Crippen molar-refractivity contribution in [2.75, 3.05) is 10.6 Å². The Balaban J connectivity index is 1.61. The molecule has 0 saturated heterocycles. The zero-order valence-electron chi connectivity index (χ0n) is 18.7. The second-order valence-corrected chi connectivity index (χ2v) is 9.72. The monoisotopic (exact) mass is 467 g/mol. The Morgan fingerprint density at radius 1 is 1.09 bits per heavy atom. The molecule has 1 heterocycles. The number of benzene rings is 2. The number of unbranched alkanes of at least 4 members (excludes halogenated alkanes) is 1. The predicted molar refractivity (Wildman–Crippen MR) is 135 cm³/mol. The molecule has 0 spiro atoms. The van der Waals surface area contributed by atoms with Gasteiger partial charge in [0.2, 0.25) is 11.8 Å². The molecule has 0 fully saturated rings. The minimum Gasteiger partial charge on any atom is -0.326 e. The lowest BCUT2D eigenvalue weighted by Gasteiger charge is -2.14. The lowest BCUT2D eigenvalue weighted by atomic mass is 10.1. The average Bonchev–Trinajstić information content (AvgIpc) is 3.25. The Bertz CT molecular complexity index is 1050. The molecule has 3 rings (SSSR count). The van der Waals surface area contributed by atoms with Crippen LogP contribution < -0.4 is 10.6 Å². The molecule has 0 bridgehead atoms. The average molecular weight is 468 g/mol. The van der Waals surface area contributed by atoms with Crippen molar-refractivity contribution in [3.8, 4) is 11.3 Å². The smallest absolute Gasteiger partial charge is 0.239 e. The molecule has 5 nitrogen and oxygen atoms in total. The van der Waals surface area contributed by atoms with Crippen molar-refractivity contribution in [2.24, 2.45) is 0 Å². The van der Waals surface area contributed by atoms with Crippen molar-refractivity contribution in [3.63, 3.8) is 0 Å². The van der Waals surface area contributed by atoms with Crippen molar-refractivity contribution in [1.82, 2.24) is 4.98 Å². The van der Waals surface area contributed by atoms with Gasteiger partial charge >= 0.3 is 0 Å². The van der Waals surface area contributed by atoms with E-state index in [-0.39, 0.29) is 17.1 Å². The first kappa shape index (κ1) is 24.0. The van der Waals surface area contributed by atoms with E-state index in [2.05, 4.69) is 41.6 Å². The van der Waals surface area contributed by atoms with Crippen LogP contribution in [0.3, 0.4) is 0 Å². The van der Waals surface area contributed by atoms with E-state index in [1.54, 1.807) is 0 Å². The standard InChI is InChI=1S/C25H29N3O2S2/c1-4-6-10-23(29)26-19-8-7-9-20(15-19)32-22(5-2)24(30)28-25-27-21(16-31-25)18-13-11-17(3)12-14-18/h7-9,11-16,22H,4-6,10H2,1-3H3,(H,26,29)(H,27,28,30). The molecule has 32 heavy (non-hydrogen) atoms. The van der Waals surface area contributed by atoms with E-state index >= 15 is 0 Å². The third kappa shape index (κ3) is 6.93. The molecule has 0 radical (unpaired) electrons. The third-order valence-electron chi connectivity index (χ3n) is 4.90. The van der Waals surface area contributed by atoms with Crippen molar-refractivity contribution >= 4 is 45.7 Å². The quantitative estimate of drug-likeness (QED) is 0.323. The van der Waals surface area contributed by atoms with E-state index in [1.165, 1.54) is 28.7 Å². The second kappa shape index (κ2) is 11.8. The Morgan fingerprint density at radius 3 is 2.59 bits per heavy atom. The number of nitrogens with one attached hydrogen (secondary N) is 2. The van der Waals surface area contributed by atoms with E-state index in [9.17, 15) is 9.59 Å². The number of aryl methyl sites for hydroxylation is 1. The molecular formula is C25H29N3O2S2. The highest BCUT2D eigenvalue weighted by molar-refractivity contribution is 8.00. The van der Waals surface area contributed by atoms with E-state index in [1.807, 2.05) is 48.7 Å². The highest BCUT2D eigenvalue weighted by Gasteiger charge is 2.20. The number of carbonyl (C=O) groups is 2. The summed E-state index contributed by atoms with van der Waals surface area (Å²) in [6.45, 7) is 6.11. The molecule has 7 heteroatoms. The van der Waals surface area contributed by atoms with Crippen LogP contribution in [0.1, 0.15) is 45.1 Å². The molecule has 3 aromatic rings. The summed E-state index contributed by atoms with van der Waals surface area (Å²) < 4.78 is 0. The van der Waals surface area contributed by atoms with Gasteiger partial charge in [0.25, 0.3) is 0 Å². The van der Waals surface area contributed by atoms with Crippen LogP contribution in [0.2, 0.25) is 0 Å². The van der Waals surface area contributed by atoms with Gasteiger partial charge < -0.3 is 10.6 Å². The van der Waals surface area contributed by atoms with Crippen molar-refractivity contribution in [2.45, 2.75) is 56.6 Å². The third-order valence-corrected chi connectivity index (χ3v) is 7.01. The van der Waals surface area contributed by atoms with Crippen molar-refractivity contribution in [1.29, 1.82) is 0 Å². The summed E-state index contributed by atoms with van der Waals surface area (Å²) >= 11 is 2.92. The van der Waals surface area contributed by atoms with Gasteiger partial charge in [-0.1, -0.05) is 56.2 Å². The molecule has 2 N–H and O–H groups in total. The van der Waals surface area contributed by atoms with Crippen LogP contribution in [-0.2, 0) is 9.59 Å². The number of nitrogens with zero attached hydrogens (tertiary/aromatic N) is 1. The van der Waals surface area contributed by atoms with Gasteiger partial charge in [-0.3, -0.25) is 9.59 Å². The number of amides is 2. The van der Waals surface area contributed by atoms with Crippen LogP contribution in [-0.4, -0.2) is 22.0 Å². The number of aromatic nitrogens is 1. The summed E-state index contributed by atoms with van der Waals surface area (Å²) in [6.07, 6.45) is 3.06. The maximum atomic E-state index is 12.9. The number of hydrogen-bond donors (Lipinski definition) is 2. The normalized spacial score (nSPS) is 11.7. The molecule has 0 aliphatic carbocycles. The van der Waals surface area contributed by atoms with Gasteiger partial charge in [-0.2, -0.15) is 0 Å². The maximum Gasteiger partial charge on any atom is 0.239 e. The van der Waals surface area contributed by atoms with E-state index in [4.69, 9.17) is 0 Å². The molecule has 1 aromatic heterocycles. The molecule has 0 saturated carbocycles. The van der Waals surface area contributed by atoms with Gasteiger partial charge in [0.1, 0.15) is 0 Å². The Hall–Kier alpha value is -2.64. The number of rotatable bonds is 10. The van der Waals surface area contributed by atoms with Gasteiger partial charge in [0.05, 0.1) is 10.9 Å². The molecule has 2 aromatic carbocycles. The van der Waals surface area contributed by atoms with Gasteiger partial charge in [0, 0.05) is 27.9 Å². The molecule has 0 aliphatic rings. The number of thiazole rings is 1. The van der Waals surface area contributed by atoms with Crippen LogP contribution in [0, 0.1) is 6.92 Å². The Labute approximate surface area is 198 Å². The molecule has 0 aliphatic heterocycles. The summed E-state index contributed by atoms with van der Waals surface area (Å²) in [5.41, 5.74) is 3.85.